The number of carbonyl (C=O) groups is 2. The van der Waals surface area contributed by atoms with Crippen molar-refractivity contribution < 1.29 is 19.4 Å². The summed E-state index contributed by atoms with van der Waals surface area (Å²) in [6, 6.07) is 7.17. The number of aromatic carboxylic acids is 1. The Morgan fingerprint density at radius 2 is 1.95 bits per heavy atom. The number of methoxy groups -OCH3 is 1. The lowest BCUT2D eigenvalue weighted by Gasteiger charge is -2.08. The first-order valence-electron chi connectivity index (χ1n) is 5.85. The molecule has 1 amide bonds. The lowest BCUT2D eigenvalue weighted by Crippen LogP contribution is -2.12. The summed E-state index contributed by atoms with van der Waals surface area (Å²) in [6.07, 6.45) is 1.37. The van der Waals surface area contributed by atoms with E-state index >= 15 is 0 Å². The molecule has 0 aliphatic heterocycles. The highest BCUT2D eigenvalue weighted by Crippen LogP contribution is 2.23. The number of nitrogens with one attached hydrogen (secondary N) is 1. The van der Waals surface area contributed by atoms with E-state index in [1.54, 1.807) is 12.1 Å². The van der Waals surface area contributed by atoms with Crippen LogP contribution in [0.4, 0.5) is 5.69 Å². The van der Waals surface area contributed by atoms with Gasteiger partial charge in [0.15, 0.2) is 0 Å². The number of halogens is 1. The van der Waals surface area contributed by atoms with Crippen LogP contribution in [-0.4, -0.2) is 29.1 Å². The minimum atomic E-state index is -1.09. The molecule has 0 unspecified atom stereocenters. The van der Waals surface area contributed by atoms with E-state index in [4.69, 9.17) is 21.4 Å². The molecule has 2 N–H and O–H groups in total. The molecule has 7 heteroatoms. The van der Waals surface area contributed by atoms with Gasteiger partial charge in [-0.15, -0.1) is 0 Å². The van der Waals surface area contributed by atoms with Crippen LogP contribution >= 0.6 is 11.6 Å². The molecule has 1 aromatic heterocycles. The molecule has 0 saturated carbocycles. The summed E-state index contributed by atoms with van der Waals surface area (Å²) >= 11 is 5.94. The lowest BCUT2D eigenvalue weighted by atomic mass is 10.2. The number of nitrogens with zero attached hydrogens (tertiary/aromatic N) is 1. The van der Waals surface area contributed by atoms with Gasteiger partial charge in [-0.05, 0) is 24.3 Å². The summed E-state index contributed by atoms with van der Waals surface area (Å²) in [5.74, 6) is -1.10. The molecule has 1 heterocycles. The topological polar surface area (TPSA) is 88.5 Å². The second-order valence-electron chi connectivity index (χ2n) is 4.04. The molecule has 0 spiro atoms. The zero-order chi connectivity index (χ0) is 15.4. The number of benzene rings is 1. The second-order valence-corrected chi connectivity index (χ2v) is 4.45. The van der Waals surface area contributed by atoms with E-state index in [-0.39, 0.29) is 10.6 Å². The van der Waals surface area contributed by atoms with E-state index in [0.717, 1.165) is 0 Å². The smallest absolute Gasteiger partial charge is 0.335 e. The number of amides is 1. The van der Waals surface area contributed by atoms with Crippen LogP contribution in [-0.2, 0) is 0 Å². The molecule has 0 radical (unpaired) electrons. The molecule has 0 atom stereocenters. The summed E-state index contributed by atoms with van der Waals surface area (Å²) in [5, 5.41) is 11.6. The molecule has 2 aromatic rings. The van der Waals surface area contributed by atoms with Gasteiger partial charge in [0.25, 0.3) is 5.91 Å². The third kappa shape index (κ3) is 3.49. The molecular formula is C14H11ClN2O4. The number of hydrogen-bond acceptors (Lipinski definition) is 4. The van der Waals surface area contributed by atoms with Crippen molar-refractivity contribution in [3.8, 4) is 5.88 Å². The van der Waals surface area contributed by atoms with Crippen LogP contribution in [0, 0.1) is 0 Å². The van der Waals surface area contributed by atoms with Gasteiger partial charge in [-0.2, -0.15) is 0 Å². The number of carboxylic acid groups (broad SMARTS) is 1. The van der Waals surface area contributed by atoms with E-state index in [2.05, 4.69) is 10.3 Å². The van der Waals surface area contributed by atoms with Crippen LogP contribution in [0.25, 0.3) is 0 Å². The first kappa shape index (κ1) is 14.8. The number of pyridine rings is 1. The molecule has 0 aliphatic carbocycles. The number of rotatable bonds is 4. The van der Waals surface area contributed by atoms with Crippen molar-refractivity contribution in [2.24, 2.45) is 0 Å². The number of anilines is 1. The average molecular weight is 307 g/mol. The molecule has 0 bridgehead atoms. The van der Waals surface area contributed by atoms with E-state index in [0.29, 0.717) is 17.1 Å². The minimum absolute atomic E-state index is 0.0455. The highest BCUT2D eigenvalue weighted by atomic mass is 35.5. The van der Waals surface area contributed by atoms with Crippen molar-refractivity contribution >= 4 is 29.2 Å². The van der Waals surface area contributed by atoms with Crippen LogP contribution in [0.15, 0.2) is 36.5 Å². The largest absolute Gasteiger partial charge is 0.481 e. The van der Waals surface area contributed by atoms with Gasteiger partial charge >= 0.3 is 5.97 Å². The van der Waals surface area contributed by atoms with Crippen LogP contribution in [0.5, 0.6) is 5.88 Å². The van der Waals surface area contributed by atoms with Gasteiger partial charge in [0.1, 0.15) is 0 Å². The Kier molecular flexibility index (Phi) is 4.39. The van der Waals surface area contributed by atoms with Gasteiger partial charge in [0.2, 0.25) is 5.88 Å². The van der Waals surface area contributed by atoms with E-state index in [9.17, 15) is 9.59 Å². The van der Waals surface area contributed by atoms with Crippen LogP contribution < -0.4 is 10.1 Å². The molecule has 6 nitrogen and oxygen atoms in total. The zero-order valence-electron chi connectivity index (χ0n) is 11.0. The average Bonchev–Trinajstić information content (AvgIpc) is 2.49. The first-order valence-corrected chi connectivity index (χ1v) is 6.23. The zero-order valence-corrected chi connectivity index (χ0v) is 11.7. The first-order chi connectivity index (χ1) is 10.0. The molecule has 0 fully saturated rings. The van der Waals surface area contributed by atoms with E-state index < -0.39 is 11.9 Å². The van der Waals surface area contributed by atoms with Crippen LogP contribution in [0.3, 0.4) is 0 Å². The van der Waals surface area contributed by atoms with Crippen LogP contribution in [0.1, 0.15) is 20.7 Å². The van der Waals surface area contributed by atoms with Crippen molar-refractivity contribution in [1.82, 2.24) is 4.98 Å². The Hall–Kier alpha value is -2.60. The van der Waals surface area contributed by atoms with Crippen molar-refractivity contribution in [1.29, 1.82) is 0 Å². The number of ether oxygens (including phenoxy) is 1. The Morgan fingerprint density at radius 1 is 1.24 bits per heavy atom. The number of carboxylic acids is 1. The predicted octanol–water partition coefficient (Wildman–Crippen LogP) is 2.69. The van der Waals surface area contributed by atoms with Gasteiger partial charge in [-0.1, -0.05) is 11.6 Å². The molecule has 108 valence electrons. The predicted molar refractivity (Wildman–Crippen MR) is 77.2 cm³/mol. The number of carbonyl (C=O) groups excluding carboxylic acids is 1. The fraction of sp³-hybridized carbons (Fsp3) is 0.0714. The Bertz CT molecular complexity index is 686. The van der Waals surface area contributed by atoms with Crippen molar-refractivity contribution in [3.63, 3.8) is 0 Å². The third-order valence-electron chi connectivity index (χ3n) is 2.67. The van der Waals surface area contributed by atoms with Gasteiger partial charge < -0.3 is 15.2 Å². The molecule has 2 rings (SSSR count). The SMILES string of the molecule is COc1ccc(C(=O)Nc2ccc(C(=O)O)cc2Cl)cn1. The molecule has 1 aromatic carbocycles. The lowest BCUT2D eigenvalue weighted by molar-refractivity contribution is 0.0696. The van der Waals surface area contributed by atoms with Crippen LogP contribution in [0.2, 0.25) is 5.02 Å². The van der Waals surface area contributed by atoms with Crippen molar-refractivity contribution in [3.05, 3.63) is 52.7 Å². The summed E-state index contributed by atoms with van der Waals surface area (Å²) in [4.78, 5) is 26.7. The Morgan fingerprint density at radius 3 is 2.48 bits per heavy atom. The summed E-state index contributed by atoms with van der Waals surface area (Å²) in [5.41, 5.74) is 0.695. The fourth-order valence-electron chi connectivity index (χ4n) is 1.58. The highest BCUT2D eigenvalue weighted by molar-refractivity contribution is 6.34. The minimum Gasteiger partial charge on any atom is -0.481 e. The Balaban J connectivity index is 2.17. The highest BCUT2D eigenvalue weighted by Gasteiger charge is 2.11. The van der Waals surface area contributed by atoms with Gasteiger partial charge in [-0.3, -0.25) is 4.79 Å². The standard InChI is InChI=1S/C14H11ClN2O4/c1-21-12-5-3-9(7-16-12)13(18)17-11-4-2-8(14(19)20)6-10(11)15/h2-7H,1H3,(H,17,18)(H,19,20). The van der Waals surface area contributed by atoms with Crippen molar-refractivity contribution in [2.75, 3.05) is 12.4 Å². The summed E-state index contributed by atoms with van der Waals surface area (Å²) in [7, 11) is 1.48. The molecule has 0 aliphatic rings. The fourth-order valence-corrected chi connectivity index (χ4v) is 1.81. The second kappa shape index (κ2) is 6.23. The summed E-state index contributed by atoms with van der Waals surface area (Å²) in [6.45, 7) is 0. The van der Waals surface area contributed by atoms with Gasteiger partial charge in [-0.25, -0.2) is 9.78 Å². The van der Waals surface area contributed by atoms with Gasteiger partial charge in [0, 0.05) is 12.3 Å². The third-order valence-corrected chi connectivity index (χ3v) is 2.98. The maximum absolute atomic E-state index is 12.0. The molecular weight excluding hydrogens is 296 g/mol. The quantitative estimate of drug-likeness (QED) is 0.906. The molecule has 0 saturated heterocycles. The Labute approximate surface area is 125 Å². The maximum Gasteiger partial charge on any atom is 0.335 e. The normalized spacial score (nSPS) is 10.0. The monoisotopic (exact) mass is 306 g/mol. The molecule has 21 heavy (non-hydrogen) atoms. The maximum atomic E-state index is 12.0. The van der Waals surface area contributed by atoms with E-state index in [1.165, 1.54) is 31.5 Å². The summed E-state index contributed by atoms with van der Waals surface area (Å²) < 4.78 is 4.90. The number of aromatic nitrogens is 1. The van der Waals surface area contributed by atoms with Crippen molar-refractivity contribution in [2.45, 2.75) is 0 Å². The van der Waals surface area contributed by atoms with E-state index in [1.807, 2.05) is 0 Å². The number of hydrogen-bond donors (Lipinski definition) is 2. The van der Waals surface area contributed by atoms with Gasteiger partial charge in [0.05, 0.1) is 28.9 Å².